The van der Waals surface area contributed by atoms with E-state index in [0.717, 1.165) is 11.3 Å². The first kappa shape index (κ1) is 17.6. The third kappa shape index (κ3) is 4.60. The zero-order chi connectivity index (χ0) is 17.2. The zero-order valence-corrected chi connectivity index (χ0v) is 14.8. The van der Waals surface area contributed by atoms with E-state index in [1.165, 1.54) is 6.26 Å². The van der Waals surface area contributed by atoms with Crippen molar-refractivity contribution in [2.24, 2.45) is 0 Å². The van der Waals surface area contributed by atoms with Crippen molar-refractivity contribution in [3.8, 4) is 5.75 Å². The molecule has 1 atom stereocenters. The van der Waals surface area contributed by atoms with Crippen LogP contribution in [0.5, 0.6) is 5.75 Å². The van der Waals surface area contributed by atoms with Crippen molar-refractivity contribution in [2.45, 2.75) is 38.5 Å². The molecule has 2 amide bonds. The monoisotopic (exact) mass is 340 g/mol. The predicted octanol–water partition coefficient (Wildman–Crippen LogP) is 2.43. The molecule has 0 aromatic heterocycles. The summed E-state index contributed by atoms with van der Waals surface area (Å²) in [5.41, 5.74) is 1.61. The van der Waals surface area contributed by atoms with Crippen LogP contribution in [0, 0.1) is 6.92 Å². The van der Waals surface area contributed by atoms with Crippen LogP contribution in [0.1, 0.15) is 25.8 Å². The molecule has 2 rings (SSSR count). The van der Waals surface area contributed by atoms with Gasteiger partial charge in [-0.25, -0.2) is 13.2 Å². The number of ether oxygens (including phenoxy) is 1. The second-order valence-corrected chi connectivity index (χ2v) is 8.59. The molecule has 0 saturated carbocycles. The van der Waals surface area contributed by atoms with E-state index in [1.54, 1.807) is 11.0 Å². The molecular formula is C16H24N2O4S. The van der Waals surface area contributed by atoms with Crippen molar-refractivity contribution in [1.29, 1.82) is 0 Å². The first-order valence-electron chi connectivity index (χ1n) is 7.69. The summed E-state index contributed by atoms with van der Waals surface area (Å²) in [7, 11) is -3.10. The molecule has 128 valence electrons. The normalized spacial score (nSPS) is 18.3. The Balaban J connectivity index is 2.00. The number of benzene rings is 1. The van der Waals surface area contributed by atoms with E-state index in [1.807, 2.05) is 32.9 Å². The molecule has 1 fully saturated rings. The SMILES string of the molecule is Cc1cc(NC(=O)N2CC[C@H](S(C)(=O)=O)C2)ccc1OC(C)C. The van der Waals surface area contributed by atoms with E-state index in [4.69, 9.17) is 4.74 Å². The highest BCUT2D eigenvalue weighted by atomic mass is 32.2. The molecule has 1 aromatic rings. The topological polar surface area (TPSA) is 75.7 Å². The lowest BCUT2D eigenvalue weighted by molar-refractivity contribution is 0.222. The molecule has 0 bridgehead atoms. The van der Waals surface area contributed by atoms with E-state index in [9.17, 15) is 13.2 Å². The van der Waals surface area contributed by atoms with Gasteiger partial charge in [-0.3, -0.25) is 0 Å². The molecule has 1 saturated heterocycles. The van der Waals surface area contributed by atoms with Crippen LogP contribution in [0.25, 0.3) is 0 Å². The molecule has 23 heavy (non-hydrogen) atoms. The van der Waals surface area contributed by atoms with Gasteiger partial charge in [0.1, 0.15) is 5.75 Å². The van der Waals surface area contributed by atoms with Crippen LogP contribution in [-0.2, 0) is 9.84 Å². The molecule has 0 unspecified atom stereocenters. The number of carbonyl (C=O) groups excluding carboxylic acids is 1. The molecule has 7 heteroatoms. The van der Waals surface area contributed by atoms with E-state index >= 15 is 0 Å². The van der Waals surface area contributed by atoms with Crippen LogP contribution in [0.2, 0.25) is 0 Å². The average Bonchev–Trinajstić information content (AvgIpc) is 2.91. The second-order valence-electron chi connectivity index (χ2n) is 6.26. The maximum atomic E-state index is 12.2. The van der Waals surface area contributed by atoms with Crippen molar-refractivity contribution in [1.82, 2.24) is 4.90 Å². The lowest BCUT2D eigenvalue weighted by Crippen LogP contribution is -2.34. The summed E-state index contributed by atoms with van der Waals surface area (Å²) in [6, 6.07) is 5.19. The van der Waals surface area contributed by atoms with Gasteiger partial charge in [-0.1, -0.05) is 0 Å². The van der Waals surface area contributed by atoms with Gasteiger partial charge in [-0.15, -0.1) is 0 Å². The van der Waals surface area contributed by atoms with Crippen molar-refractivity contribution in [3.05, 3.63) is 23.8 Å². The molecule has 1 aliphatic heterocycles. The maximum absolute atomic E-state index is 12.2. The highest BCUT2D eigenvalue weighted by Gasteiger charge is 2.32. The Hall–Kier alpha value is -1.76. The highest BCUT2D eigenvalue weighted by Crippen LogP contribution is 2.24. The Bertz CT molecular complexity index is 685. The van der Waals surface area contributed by atoms with Crippen LogP contribution < -0.4 is 10.1 Å². The minimum atomic E-state index is -3.10. The Morgan fingerprint density at radius 3 is 2.61 bits per heavy atom. The number of carbonyl (C=O) groups is 1. The summed E-state index contributed by atoms with van der Waals surface area (Å²) < 4.78 is 28.8. The fraction of sp³-hybridized carbons (Fsp3) is 0.562. The molecule has 1 aromatic carbocycles. The van der Waals surface area contributed by atoms with Crippen LogP contribution >= 0.6 is 0 Å². The predicted molar refractivity (Wildman–Crippen MR) is 90.8 cm³/mol. The van der Waals surface area contributed by atoms with Gasteiger partial charge in [-0.2, -0.15) is 0 Å². The molecule has 0 radical (unpaired) electrons. The number of hydrogen-bond donors (Lipinski definition) is 1. The van der Waals surface area contributed by atoms with Gasteiger partial charge < -0.3 is 15.0 Å². The van der Waals surface area contributed by atoms with E-state index < -0.39 is 15.1 Å². The minimum absolute atomic E-state index is 0.0895. The van der Waals surface area contributed by atoms with Gasteiger partial charge in [0.25, 0.3) is 0 Å². The van der Waals surface area contributed by atoms with Gasteiger partial charge in [0, 0.05) is 25.0 Å². The number of likely N-dealkylation sites (tertiary alicyclic amines) is 1. The van der Waals surface area contributed by atoms with Crippen LogP contribution in [0.3, 0.4) is 0 Å². The lowest BCUT2D eigenvalue weighted by Gasteiger charge is -2.18. The highest BCUT2D eigenvalue weighted by molar-refractivity contribution is 7.91. The standard InChI is InChI=1S/C16H24N2O4S/c1-11(2)22-15-6-5-13(9-12(15)3)17-16(19)18-8-7-14(10-18)23(4,20)21/h5-6,9,11,14H,7-8,10H2,1-4H3,(H,17,19)/t14-/m0/s1. The van der Waals surface area contributed by atoms with Gasteiger partial charge >= 0.3 is 6.03 Å². The fourth-order valence-corrected chi connectivity index (χ4v) is 3.56. The summed E-state index contributed by atoms with van der Waals surface area (Å²) in [5.74, 6) is 0.788. The number of amides is 2. The number of sulfone groups is 1. The summed E-state index contributed by atoms with van der Waals surface area (Å²) in [5, 5.41) is 2.35. The Morgan fingerprint density at radius 2 is 2.09 bits per heavy atom. The first-order chi connectivity index (χ1) is 10.7. The van der Waals surface area contributed by atoms with Gasteiger partial charge in [-0.05, 0) is 51.0 Å². The molecule has 0 aliphatic carbocycles. The van der Waals surface area contributed by atoms with Crippen LogP contribution in [0.15, 0.2) is 18.2 Å². The third-order valence-corrected chi connectivity index (χ3v) is 5.42. The third-order valence-electron chi connectivity index (χ3n) is 3.83. The van der Waals surface area contributed by atoms with Gasteiger partial charge in [0.05, 0.1) is 11.4 Å². The smallest absolute Gasteiger partial charge is 0.321 e. The Morgan fingerprint density at radius 1 is 1.39 bits per heavy atom. The summed E-state index contributed by atoms with van der Waals surface area (Å²) in [6.07, 6.45) is 1.80. The molecule has 1 heterocycles. The molecule has 1 aliphatic rings. The number of anilines is 1. The number of nitrogens with one attached hydrogen (secondary N) is 1. The molecule has 1 N–H and O–H groups in total. The number of urea groups is 1. The fourth-order valence-electron chi connectivity index (χ4n) is 2.58. The van der Waals surface area contributed by atoms with E-state index in [2.05, 4.69) is 5.32 Å². The van der Waals surface area contributed by atoms with E-state index in [-0.39, 0.29) is 18.7 Å². The van der Waals surface area contributed by atoms with Gasteiger partial charge in [0.2, 0.25) is 0 Å². The van der Waals surface area contributed by atoms with E-state index in [0.29, 0.717) is 18.7 Å². The molecule has 0 spiro atoms. The summed E-state index contributed by atoms with van der Waals surface area (Å²) >= 11 is 0. The van der Waals surface area contributed by atoms with Crippen LogP contribution in [-0.4, -0.2) is 50.0 Å². The lowest BCUT2D eigenvalue weighted by atomic mass is 10.2. The second kappa shape index (κ2) is 6.78. The quantitative estimate of drug-likeness (QED) is 0.913. The number of rotatable bonds is 4. The minimum Gasteiger partial charge on any atom is -0.491 e. The summed E-state index contributed by atoms with van der Waals surface area (Å²) in [4.78, 5) is 13.8. The van der Waals surface area contributed by atoms with Crippen molar-refractivity contribution < 1.29 is 17.9 Å². The summed E-state index contributed by atoms with van der Waals surface area (Å²) in [6.45, 7) is 6.54. The van der Waals surface area contributed by atoms with Crippen molar-refractivity contribution >= 4 is 21.6 Å². The maximum Gasteiger partial charge on any atom is 0.321 e. The van der Waals surface area contributed by atoms with Gasteiger partial charge in [0.15, 0.2) is 9.84 Å². The number of hydrogen-bond acceptors (Lipinski definition) is 4. The van der Waals surface area contributed by atoms with Crippen LogP contribution in [0.4, 0.5) is 10.5 Å². The van der Waals surface area contributed by atoms with Crippen molar-refractivity contribution in [2.75, 3.05) is 24.7 Å². The van der Waals surface area contributed by atoms with Crippen molar-refractivity contribution in [3.63, 3.8) is 0 Å². The molecule has 6 nitrogen and oxygen atoms in total. The number of aryl methyl sites for hydroxylation is 1. The first-order valence-corrected chi connectivity index (χ1v) is 9.64. The molecular weight excluding hydrogens is 316 g/mol. The Kier molecular flexibility index (Phi) is 5.19. The largest absolute Gasteiger partial charge is 0.491 e. The average molecular weight is 340 g/mol. The zero-order valence-electron chi connectivity index (χ0n) is 14.0. The number of nitrogens with zero attached hydrogens (tertiary/aromatic N) is 1. The Labute approximate surface area is 137 Å².